The maximum Gasteiger partial charge on any atom is 0.264 e. The van der Waals surface area contributed by atoms with E-state index in [9.17, 15) is 18.7 Å². The summed E-state index contributed by atoms with van der Waals surface area (Å²) in [7, 11) is 0. The minimum absolute atomic E-state index is 0.133. The molecule has 0 aliphatic rings. The molecule has 3 aromatic rings. The number of nitrogens with one attached hydrogen (secondary N) is 1. The van der Waals surface area contributed by atoms with Crippen LogP contribution in [0.1, 0.15) is 0 Å². The summed E-state index contributed by atoms with van der Waals surface area (Å²) >= 11 is 0. The van der Waals surface area contributed by atoms with Crippen LogP contribution in [0.2, 0.25) is 0 Å². The van der Waals surface area contributed by atoms with Gasteiger partial charge in [-0.3, -0.25) is 14.2 Å². The number of rotatable bonds is 1. The average Bonchev–Trinajstić information content (AvgIpc) is 2.80. The molecule has 96 valence electrons. The molecule has 5 nitrogen and oxygen atoms in total. The van der Waals surface area contributed by atoms with Gasteiger partial charge in [0.1, 0.15) is 17.2 Å². The highest BCUT2D eigenvalue weighted by Crippen LogP contribution is 2.28. The molecule has 0 atom stereocenters. The van der Waals surface area contributed by atoms with Crippen molar-refractivity contribution >= 4 is 5.78 Å². The summed E-state index contributed by atoms with van der Waals surface area (Å²) in [5.41, 5.74) is -1.17. The zero-order valence-corrected chi connectivity index (χ0v) is 9.39. The first kappa shape index (κ1) is 11.4. The number of halogens is 2. The molecule has 0 unspecified atom stereocenters. The van der Waals surface area contributed by atoms with E-state index >= 15 is 0 Å². The van der Waals surface area contributed by atoms with Crippen molar-refractivity contribution < 1.29 is 13.9 Å². The Hall–Kier alpha value is -2.70. The molecule has 2 heterocycles. The van der Waals surface area contributed by atoms with Crippen LogP contribution in [0, 0.1) is 11.6 Å². The molecule has 0 radical (unpaired) electrons. The molecule has 0 saturated carbocycles. The normalized spacial score (nSPS) is 11.1. The van der Waals surface area contributed by atoms with Gasteiger partial charge < -0.3 is 5.11 Å². The quantitative estimate of drug-likeness (QED) is 0.701. The van der Waals surface area contributed by atoms with Crippen molar-refractivity contribution in [2.24, 2.45) is 0 Å². The number of aromatic amines is 1. The van der Waals surface area contributed by atoms with Crippen LogP contribution in [0.5, 0.6) is 5.88 Å². The van der Waals surface area contributed by atoms with Crippen molar-refractivity contribution in [3.05, 3.63) is 52.6 Å². The van der Waals surface area contributed by atoms with Crippen LogP contribution in [0.15, 0.2) is 35.4 Å². The molecule has 1 aromatic carbocycles. The second-order valence-electron chi connectivity index (χ2n) is 3.90. The third-order valence-corrected chi connectivity index (χ3v) is 2.75. The van der Waals surface area contributed by atoms with Gasteiger partial charge in [-0.25, -0.2) is 13.8 Å². The predicted molar refractivity (Wildman–Crippen MR) is 62.8 cm³/mol. The highest BCUT2D eigenvalue weighted by Gasteiger charge is 2.17. The van der Waals surface area contributed by atoms with Crippen LogP contribution in [0.25, 0.3) is 16.9 Å². The van der Waals surface area contributed by atoms with Crippen molar-refractivity contribution in [1.82, 2.24) is 14.4 Å². The summed E-state index contributed by atoms with van der Waals surface area (Å²) < 4.78 is 27.8. The Bertz CT molecular complexity index is 839. The van der Waals surface area contributed by atoms with Gasteiger partial charge in [-0.1, -0.05) is 0 Å². The van der Waals surface area contributed by atoms with Crippen LogP contribution < -0.4 is 5.56 Å². The van der Waals surface area contributed by atoms with E-state index in [0.29, 0.717) is 6.07 Å². The molecule has 0 bridgehead atoms. The van der Waals surface area contributed by atoms with Crippen molar-refractivity contribution in [3.63, 3.8) is 0 Å². The largest absolute Gasteiger partial charge is 0.494 e. The molecular formula is C12H7F2N3O2. The van der Waals surface area contributed by atoms with E-state index in [0.717, 1.165) is 12.1 Å². The topological polar surface area (TPSA) is 70.4 Å². The number of nitrogens with zero attached hydrogens (tertiary/aromatic N) is 2. The Kier molecular flexibility index (Phi) is 2.34. The number of hydrogen-bond acceptors (Lipinski definition) is 3. The van der Waals surface area contributed by atoms with Gasteiger partial charge in [0, 0.05) is 24.0 Å². The van der Waals surface area contributed by atoms with Gasteiger partial charge in [-0.2, -0.15) is 0 Å². The number of benzene rings is 1. The first-order valence-corrected chi connectivity index (χ1v) is 5.31. The van der Waals surface area contributed by atoms with Crippen LogP contribution >= 0.6 is 0 Å². The van der Waals surface area contributed by atoms with E-state index in [1.54, 1.807) is 0 Å². The van der Waals surface area contributed by atoms with Crippen LogP contribution in [-0.2, 0) is 0 Å². The Morgan fingerprint density at radius 2 is 2.11 bits per heavy atom. The molecule has 0 aliphatic carbocycles. The van der Waals surface area contributed by atoms with Crippen molar-refractivity contribution in [2.45, 2.75) is 0 Å². The number of hydrogen-bond donors (Lipinski definition) is 2. The van der Waals surface area contributed by atoms with Gasteiger partial charge in [-0.05, 0) is 12.1 Å². The second kappa shape index (κ2) is 3.91. The van der Waals surface area contributed by atoms with Crippen LogP contribution in [0.4, 0.5) is 8.78 Å². The molecule has 19 heavy (non-hydrogen) atoms. The highest BCUT2D eigenvalue weighted by molar-refractivity contribution is 5.69. The molecule has 3 rings (SSSR count). The Labute approximate surface area is 104 Å². The van der Waals surface area contributed by atoms with Crippen LogP contribution in [0.3, 0.4) is 0 Å². The Morgan fingerprint density at radius 3 is 2.84 bits per heavy atom. The van der Waals surface area contributed by atoms with Gasteiger partial charge >= 0.3 is 0 Å². The Morgan fingerprint density at radius 1 is 1.32 bits per heavy atom. The first-order valence-electron chi connectivity index (χ1n) is 5.31. The zero-order chi connectivity index (χ0) is 13.6. The van der Waals surface area contributed by atoms with Crippen molar-refractivity contribution in [2.75, 3.05) is 0 Å². The fourth-order valence-corrected chi connectivity index (χ4v) is 1.89. The lowest BCUT2D eigenvalue weighted by Gasteiger charge is -2.07. The third kappa shape index (κ3) is 1.67. The molecular weight excluding hydrogens is 256 g/mol. The minimum atomic E-state index is -0.930. The number of H-pyrrole nitrogens is 1. The van der Waals surface area contributed by atoms with E-state index < -0.39 is 23.1 Å². The van der Waals surface area contributed by atoms with Gasteiger partial charge in [0.25, 0.3) is 5.56 Å². The van der Waals surface area contributed by atoms with Gasteiger partial charge in [0.05, 0.1) is 0 Å². The monoisotopic (exact) mass is 263 g/mol. The number of imidazole rings is 1. The van der Waals surface area contributed by atoms with Crippen molar-refractivity contribution in [1.29, 1.82) is 0 Å². The van der Waals surface area contributed by atoms with E-state index in [1.807, 2.05) is 0 Å². The predicted octanol–water partition coefficient (Wildman–Crippen LogP) is 1.67. The molecule has 7 heteroatoms. The van der Waals surface area contributed by atoms with E-state index in [4.69, 9.17) is 0 Å². The zero-order valence-electron chi connectivity index (χ0n) is 9.39. The second-order valence-corrected chi connectivity index (χ2v) is 3.90. The van der Waals surface area contributed by atoms with Crippen molar-refractivity contribution in [3.8, 4) is 17.0 Å². The molecule has 0 spiro atoms. The van der Waals surface area contributed by atoms with Gasteiger partial charge in [-0.15, -0.1) is 0 Å². The Balaban J connectivity index is 2.39. The number of aromatic nitrogens is 3. The summed E-state index contributed by atoms with van der Waals surface area (Å²) in [5.74, 6) is -2.02. The van der Waals surface area contributed by atoms with E-state index in [-0.39, 0.29) is 16.9 Å². The SMILES string of the molecule is O=c1[nH]c2nccn2c(O)c1-c1ccc(F)cc1F. The summed E-state index contributed by atoms with van der Waals surface area (Å²) in [5, 5.41) is 10.0. The summed E-state index contributed by atoms with van der Waals surface area (Å²) in [6, 6.07) is 2.75. The molecule has 0 saturated heterocycles. The standard InChI is InChI=1S/C12H7F2N3O2/c13-6-1-2-7(8(14)5-6)9-10(18)16-12-15-3-4-17(12)11(9)19/h1-5,19H,(H,15,16,18). The lowest BCUT2D eigenvalue weighted by molar-refractivity contribution is 0.445. The maximum atomic E-state index is 13.7. The smallest absolute Gasteiger partial charge is 0.264 e. The third-order valence-electron chi connectivity index (χ3n) is 2.75. The van der Waals surface area contributed by atoms with E-state index in [2.05, 4.69) is 9.97 Å². The summed E-state index contributed by atoms with van der Waals surface area (Å²) in [6.07, 6.45) is 2.78. The fourth-order valence-electron chi connectivity index (χ4n) is 1.89. The minimum Gasteiger partial charge on any atom is -0.494 e. The molecule has 0 aliphatic heterocycles. The average molecular weight is 263 g/mol. The maximum absolute atomic E-state index is 13.7. The number of aromatic hydroxyl groups is 1. The van der Waals surface area contributed by atoms with E-state index in [1.165, 1.54) is 16.8 Å². The molecule has 0 amide bonds. The highest BCUT2D eigenvalue weighted by atomic mass is 19.1. The summed E-state index contributed by atoms with van der Waals surface area (Å²) in [4.78, 5) is 18.1. The van der Waals surface area contributed by atoms with Gasteiger partial charge in [0.15, 0.2) is 0 Å². The fraction of sp³-hybridized carbons (Fsp3) is 0. The van der Waals surface area contributed by atoms with Crippen LogP contribution in [-0.4, -0.2) is 19.5 Å². The molecule has 2 N–H and O–H groups in total. The lowest BCUT2D eigenvalue weighted by Crippen LogP contribution is -2.13. The molecule has 2 aromatic heterocycles. The van der Waals surface area contributed by atoms with Gasteiger partial charge in [0.2, 0.25) is 11.7 Å². The number of fused-ring (bicyclic) bond motifs is 1. The lowest BCUT2D eigenvalue weighted by atomic mass is 10.1. The molecule has 0 fully saturated rings. The summed E-state index contributed by atoms with van der Waals surface area (Å²) in [6.45, 7) is 0. The first-order chi connectivity index (χ1) is 9.08.